The molecule has 6 heteroatoms. The lowest BCUT2D eigenvalue weighted by Gasteiger charge is -2.17. The Balaban J connectivity index is 0.00000289. The van der Waals surface area contributed by atoms with Gasteiger partial charge < -0.3 is 15.6 Å². The number of nitrogens with one attached hydrogen (secondary N) is 1. The molecule has 0 aliphatic carbocycles. The summed E-state index contributed by atoms with van der Waals surface area (Å²) >= 11 is 0. The van der Waals surface area contributed by atoms with Crippen molar-refractivity contribution in [1.82, 2.24) is 14.9 Å². The maximum atomic E-state index is 11.7. The number of terminal acetylenes is 1. The van der Waals surface area contributed by atoms with Gasteiger partial charge in [0, 0.05) is 18.7 Å². The summed E-state index contributed by atoms with van der Waals surface area (Å²) in [7, 11) is 0. The lowest BCUT2D eigenvalue weighted by atomic mass is 10.2. The average molecular weight is 271 g/mol. The fourth-order valence-electron chi connectivity index (χ4n) is 1.58. The molecule has 0 fully saturated rings. The number of carbonyl (C=O) groups is 1. The van der Waals surface area contributed by atoms with Crippen LogP contribution in [0.25, 0.3) is 0 Å². The average Bonchev–Trinajstić information content (AvgIpc) is 2.71. The van der Waals surface area contributed by atoms with Crippen LogP contribution in [0.5, 0.6) is 0 Å². The summed E-state index contributed by atoms with van der Waals surface area (Å²) in [6.45, 7) is 2.96. The largest absolute Gasteiger partial charge is 0.369 e. The van der Waals surface area contributed by atoms with Crippen LogP contribution >= 0.6 is 12.4 Å². The SMILES string of the molecule is C#CCN(CC)C(=O)CCCc1cnc(N)[nH]1.Cl. The molecule has 100 valence electrons. The number of carbonyl (C=O) groups excluding carboxylic acids is 1. The van der Waals surface area contributed by atoms with E-state index in [4.69, 9.17) is 12.2 Å². The lowest BCUT2D eigenvalue weighted by molar-refractivity contribution is -0.130. The van der Waals surface area contributed by atoms with Gasteiger partial charge in [0.05, 0.1) is 12.7 Å². The van der Waals surface area contributed by atoms with Crippen LogP contribution in [0.2, 0.25) is 0 Å². The number of nitrogen functional groups attached to an aromatic ring is 1. The van der Waals surface area contributed by atoms with Crippen LogP contribution in [0, 0.1) is 12.3 Å². The summed E-state index contributed by atoms with van der Waals surface area (Å²) in [6.07, 6.45) is 8.91. The van der Waals surface area contributed by atoms with Crippen molar-refractivity contribution in [2.75, 3.05) is 18.8 Å². The molecule has 0 saturated carbocycles. The van der Waals surface area contributed by atoms with Gasteiger partial charge in [-0.2, -0.15) is 0 Å². The molecule has 1 amide bonds. The van der Waals surface area contributed by atoms with Gasteiger partial charge in [-0.05, 0) is 19.8 Å². The molecule has 0 atom stereocenters. The van der Waals surface area contributed by atoms with Crippen molar-refractivity contribution < 1.29 is 4.79 Å². The molecule has 0 radical (unpaired) electrons. The number of H-pyrrole nitrogens is 1. The predicted molar refractivity (Wildman–Crippen MR) is 74.3 cm³/mol. The minimum atomic E-state index is 0. The van der Waals surface area contributed by atoms with Gasteiger partial charge in [-0.25, -0.2) is 4.98 Å². The van der Waals surface area contributed by atoms with Gasteiger partial charge in [0.2, 0.25) is 5.91 Å². The summed E-state index contributed by atoms with van der Waals surface area (Å²) in [4.78, 5) is 20.2. The van der Waals surface area contributed by atoms with Crippen molar-refractivity contribution in [3.8, 4) is 12.3 Å². The van der Waals surface area contributed by atoms with Crippen molar-refractivity contribution in [1.29, 1.82) is 0 Å². The number of anilines is 1. The van der Waals surface area contributed by atoms with Crippen molar-refractivity contribution in [2.45, 2.75) is 26.2 Å². The number of nitrogens with zero attached hydrogens (tertiary/aromatic N) is 2. The number of nitrogens with two attached hydrogens (primary N) is 1. The number of imidazole rings is 1. The molecule has 0 saturated heterocycles. The Morgan fingerprint density at radius 1 is 1.67 bits per heavy atom. The second-order valence-electron chi connectivity index (χ2n) is 3.76. The number of aromatic amines is 1. The van der Waals surface area contributed by atoms with E-state index >= 15 is 0 Å². The number of aromatic nitrogens is 2. The van der Waals surface area contributed by atoms with Gasteiger partial charge in [-0.3, -0.25) is 4.79 Å². The number of halogens is 1. The first-order valence-electron chi connectivity index (χ1n) is 5.68. The molecule has 1 rings (SSSR count). The highest BCUT2D eigenvalue weighted by Gasteiger charge is 2.09. The second-order valence-corrected chi connectivity index (χ2v) is 3.76. The zero-order chi connectivity index (χ0) is 12.7. The van der Waals surface area contributed by atoms with Crippen LogP contribution < -0.4 is 5.73 Å². The molecule has 0 aromatic carbocycles. The normalized spacial score (nSPS) is 9.33. The van der Waals surface area contributed by atoms with Crippen molar-refractivity contribution in [2.24, 2.45) is 0 Å². The molecule has 0 aliphatic rings. The summed E-state index contributed by atoms with van der Waals surface area (Å²) in [5.41, 5.74) is 6.41. The van der Waals surface area contributed by atoms with E-state index in [-0.39, 0.29) is 18.3 Å². The van der Waals surface area contributed by atoms with Gasteiger partial charge in [0.1, 0.15) is 0 Å². The molecule has 0 spiro atoms. The third kappa shape index (κ3) is 5.11. The van der Waals surface area contributed by atoms with E-state index in [0.29, 0.717) is 25.5 Å². The third-order valence-corrected chi connectivity index (χ3v) is 2.50. The first-order chi connectivity index (χ1) is 8.17. The van der Waals surface area contributed by atoms with E-state index in [1.807, 2.05) is 6.92 Å². The van der Waals surface area contributed by atoms with Gasteiger partial charge in [0.25, 0.3) is 0 Å². The van der Waals surface area contributed by atoms with Crippen LogP contribution in [-0.4, -0.2) is 33.9 Å². The maximum Gasteiger partial charge on any atom is 0.223 e. The Morgan fingerprint density at radius 3 is 2.89 bits per heavy atom. The molecular formula is C12H19ClN4O. The van der Waals surface area contributed by atoms with Crippen LogP contribution in [0.3, 0.4) is 0 Å². The van der Waals surface area contributed by atoms with Crippen LogP contribution in [0.4, 0.5) is 5.95 Å². The fourth-order valence-corrected chi connectivity index (χ4v) is 1.58. The van der Waals surface area contributed by atoms with Crippen LogP contribution in [0.15, 0.2) is 6.20 Å². The number of aryl methyl sites for hydroxylation is 1. The fraction of sp³-hybridized carbons (Fsp3) is 0.500. The van der Waals surface area contributed by atoms with Crippen molar-refractivity contribution in [3.63, 3.8) is 0 Å². The zero-order valence-electron chi connectivity index (χ0n) is 10.5. The lowest BCUT2D eigenvalue weighted by Crippen LogP contribution is -2.30. The predicted octanol–water partition coefficient (Wildman–Crippen LogP) is 1.22. The monoisotopic (exact) mass is 270 g/mol. The van der Waals surface area contributed by atoms with E-state index in [1.54, 1.807) is 11.1 Å². The highest BCUT2D eigenvalue weighted by Crippen LogP contribution is 2.05. The molecule has 0 unspecified atom stereocenters. The summed E-state index contributed by atoms with van der Waals surface area (Å²) in [5.74, 6) is 2.99. The maximum absolute atomic E-state index is 11.7. The topological polar surface area (TPSA) is 75.0 Å². The Morgan fingerprint density at radius 2 is 2.39 bits per heavy atom. The standard InChI is InChI=1S/C12H18N4O.ClH/c1-3-8-16(4-2)11(17)7-5-6-10-9-14-12(13)15-10;/h1,9H,4-8H2,2H3,(H3,13,14,15);1H. The van der Waals surface area contributed by atoms with Gasteiger partial charge in [-0.15, -0.1) is 18.8 Å². The Labute approximate surface area is 114 Å². The number of hydrogen-bond donors (Lipinski definition) is 2. The molecule has 0 aliphatic heterocycles. The van der Waals surface area contributed by atoms with Crippen molar-refractivity contribution in [3.05, 3.63) is 11.9 Å². The Hall–Kier alpha value is -1.67. The van der Waals surface area contributed by atoms with E-state index in [9.17, 15) is 4.79 Å². The molecule has 5 nitrogen and oxygen atoms in total. The van der Waals surface area contributed by atoms with E-state index < -0.39 is 0 Å². The van der Waals surface area contributed by atoms with Crippen LogP contribution in [-0.2, 0) is 11.2 Å². The molecule has 1 heterocycles. The molecular weight excluding hydrogens is 252 g/mol. The molecule has 3 N–H and O–H groups in total. The summed E-state index contributed by atoms with van der Waals surface area (Å²) in [5, 5.41) is 0. The number of rotatable bonds is 6. The van der Waals surface area contributed by atoms with E-state index in [0.717, 1.165) is 18.5 Å². The Kier molecular flexibility index (Phi) is 7.64. The minimum absolute atomic E-state index is 0. The van der Waals surface area contributed by atoms with E-state index in [1.165, 1.54) is 0 Å². The number of amides is 1. The quantitative estimate of drug-likeness (QED) is 0.763. The minimum Gasteiger partial charge on any atom is -0.369 e. The first-order valence-corrected chi connectivity index (χ1v) is 5.68. The number of hydrogen-bond acceptors (Lipinski definition) is 3. The van der Waals surface area contributed by atoms with Crippen molar-refractivity contribution >= 4 is 24.3 Å². The molecule has 0 bridgehead atoms. The highest BCUT2D eigenvalue weighted by atomic mass is 35.5. The summed E-state index contributed by atoms with van der Waals surface area (Å²) in [6, 6.07) is 0. The highest BCUT2D eigenvalue weighted by molar-refractivity contribution is 5.85. The van der Waals surface area contributed by atoms with Gasteiger partial charge >= 0.3 is 0 Å². The summed E-state index contributed by atoms with van der Waals surface area (Å²) < 4.78 is 0. The third-order valence-electron chi connectivity index (χ3n) is 2.50. The molecule has 18 heavy (non-hydrogen) atoms. The smallest absolute Gasteiger partial charge is 0.223 e. The van der Waals surface area contributed by atoms with Crippen LogP contribution in [0.1, 0.15) is 25.5 Å². The Bertz CT molecular complexity index is 410. The molecule has 1 aromatic rings. The van der Waals surface area contributed by atoms with Gasteiger partial charge in [-0.1, -0.05) is 5.92 Å². The second kappa shape index (κ2) is 8.43. The van der Waals surface area contributed by atoms with E-state index in [2.05, 4.69) is 15.9 Å². The first kappa shape index (κ1) is 16.3. The zero-order valence-corrected chi connectivity index (χ0v) is 11.3. The molecule has 1 aromatic heterocycles. The van der Waals surface area contributed by atoms with Gasteiger partial charge in [0.15, 0.2) is 5.95 Å².